The van der Waals surface area contributed by atoms with Crippen LogP contribution in [0.15, 0.2) is 4.99 Å². The fourth-order valence-corrected chi connectivity index (χ4v) is 0.332. The van der Waals surface area contributed by atoms with Gasteiger partial charge < -0.3 is 4.65 Å². The van der Waals surface area contributed by atoms with Crippen LogP contribution in [0.4, 0.5) is 4.79 Å². The summed E-state index contributed by atoms with van der Waals surface area (Å²) in [6.45, 7) is 1.70. The van der Waals surface area contributed by atoms with Gasteiger partial charge in [-0.05, 0) is 6.92 Å². The number of hydrogen-bond acceptors (Lipinski definition) is 2. The van der Waals surface area contributed by atoms with Gasteiger partial charge in [-0.15, -0.1) is 0 Å². The Kier molecular flexibility index (Phi) is 0.853. The first kappa shape index (κ1) is 4.37. The summed E-state index contributed by atoms with van der Waals surface area (Å²) in [7, 11) is 1.32. The Bertz CT molecular complexity index is 131. The molecule has 1 radical (unpaired) electrons. The first-order chi connectivity index (χ1) is 3.29. The molecule has 0 N–H and O–H groups in total. The van der Waals surface area contributed by atoms with Crippen LogP contribution in [0.25, 0.3) is 0 Å². The zero-order valence-electron chi connectivity index (χ0n) is 3.84. The van der Waals surface area contributed by atoms with Crippen LogP contribution in [0.2, 0.25) is 0 Å². The van der Waals surface area contributed by atoms with Crippen molar-refractivity contribution in [1.29, 1.82) is 0 Å². The number of carbonyl (C=O) groups is 1. The van der Waals surface area contributed by atoms with E-state index >= 15 is 0 Å². The fourth-order valence-electron chi connectivity index (χ4n) is 0.332. The van der Waals surface area contributed by atoms with Crippen LogP contribution in [0.1, 0.15) is 6.92 Å². The highest BCUT2D eigenvalue weighted by molar-refractivity contribution is 6.73. The number of carbonyl (C=O) groups excluding carboxylic acids is 1. The van der Waals surface area contributed by atoms with Crippen molar-refractivity contribution in [3.8, 4) is 0 Å². The minimum absolute atomic E-state index is 0.516. The molecule has 0 saturated heterocycles. The zero-order valence-corrected chi connectivity index (χ0v) is 3.84. The Morgan fingerprint density at radius 3 is 2.71 bits per heavy atom. The van der Waals surface area contributed by atoms with E-state index in [0.717, 1.165) is 0 Å². The summed E-state index contributed by atoms with van der Waals surface area (Å²) in [6, 6.07) is 0. The van der Waals surface area contributed by atoms with Crippen LogP contribution in [0.3, 0.4) is 0 Å². The predicted molar refractivity (Wildman–Crippen MR) is 25.3 cm³/mol. The summed E-state index contributed by atoms with van der Waals surface area (Å²) in [6.07, 6.45) is -0.516. The largest absolute Gasteiger partial charge is 0.515 e. The smallest absolute Gasteiger partial charge is 0.430 e. The van der Waals surface area contributed by atoms with E-state index < -0.39 is 6.09 Å². The maximum Gasteiger partial charge on any atom is 0.430 e. The molecule has 1 aliphatic heterocycles. The number of rotatable bonds is 0. The van der Waals surface area contributed by atoms with Gasteiger partial charge in [0.2, 0.25) is 0 Å². The summed E-state index contributed by atoms with van der Waals surface area (Å²) in [5, 5.41) is 0. The van der Waals surface area contributed by atoms with E-state index in [1.54, 1.807) is 6.92 Å². The summed E-state index contributed by atoms with van der Waals surface area (Å²) < 4.78 is 4.30. The Balaban J connectivity index is 2.67. The van der Waals surface area contributed by atoms with Gasteiger partial charge in [0.25, 0.3) is 0 Å². The van der Waals surface area contributed by atoms with Crippen LogP contribution in [-0.4, -0.2) is 19.2 Å². The van der Waals surface area contributed by atoms with Crippen molar-refractivity contribution in [3.63, 3.8) is 0 Å². The van der Waals surface area contributed by atoms with Crippen molar-refractivity contribution in [3.05, 3.63) is 0 Å². The molecule has 3 nitrogen and oxygen atoms in total. The minimum Gasteiger partial charge on any atom is -0.515 e. The lowest BCUT2D eigenvalue weighted by Crippen LogP contribution is -1.99. The van der Waals surface area contributed by atoms with Crippen LogP contribution in [-0.2, 0) is 4.65 Å². The third-order valence-electron chi connectivity index (χ3n) is 0.598. The normalized spacial score (nSPS) is 17.9. The van der Waals surface area contributed by atoms with Crippen molar-refractivity contribution >= 4 is 19.2 Å². The van der Waals surface area contributed by atoms with Crippen molar-refractivity contribution in [1.82, 2.24) is 0 Å². The maximum atomic E-state index is 10.0. The lowest BCUT2D eigenvalue weighted by Gasteiger charge is -1.79. The van der Waals surface area contributed by atoms with Crippen molar-refractivity contribution in [2.45, 2.75) is 6.92 Å². The monoisotopic (exact) mass is 96.0 g/mol. The lowest BCUT2D eigenvalue weighted by molar-refractivity contribution is 0.217. The highest BCUT2D eigenvalue weighted by Crippen LogP contribution is 1.92. The minimum atomic E-state index is -0.516. The molecule has 0 bridgehead atoms. The predicted octanol–water partition coefficient (Wildman–Crippen LogP) is 0.174. The van der Waals surface area contributed by atoms with Gasteiger partial charge in [0.05, 0.1) is 0 Å². The average Bonchev–Trinajstić information content (AvgIpc) is 1.87. The van der Waals surface area contributed by atoms with Gasteiger partial charge in [0.15, 0.2) is 0 Å². The van der Waals surface area contributed by atoms with Crippen LogP contribution in [0, 0.1) is 0 Å². The molecule has 1 rings (SSSR count). The van der Waals surface area contributed by atoms with Crippen molar-refractivity contribution < 1.29 is 9.45 Å². The molecule has 0 aromatic carbocycles. The van der Waals surface area contributed by atoms with E-state index in [-0.39, 0.29) is 0 Å². The molecule has 0 unspecified atom stereocenters. The molecule has 0 spiro atoms. The van der Waals surface area contributed by atoms with E-state index in [9.17, 15) is 4.79 Å². The number of nitrogens with zero attached hydrogens (tertiary/aromatic N) is 1. The van der Waals surface area contributed by atoms with E-state index in [1.165, 1.54) is 7.48 Å². The molecule has 7 heavy (non-hydrogen) atoms. The summed E-state index contributed by atoms with van der Waals surface area (Å²) in [4.78, 5) is 13.4. The molecule has 0 aromatic rings. The molecule has 0 atom stereocenters. The quantitative estimate of drug-likeness (QED) is 0.403. The summed E-state index contributed by atoms with van der Waals surface area (Å²) >= 11 is 0. The molecule has 0 fully saturated rings. The molecule has 1 aliphatic rings. The molecule has 1 amide bonds. The highest BCUT2D eigenvalue weighted by atomic mass is 16.5. The fraction of sp³-hybridized carbons (Fsp3) is 0.333. The van der Waals surface area contributed by atoms with Gasteiger partial charge >= 0.3 is 13.6 Å². The van der Waals surface area contributed by atoms with Crippen LogP contribution < -0.4 is 0 Å². The topological polar surface area (TPSA) is 38.7 Å². The van der Waals surface area contributed by atoms with Gasteiger partial charge in [-0.2, -0.15) is 4.99 Å². The second kappa shape index (κ2) is 1.37. The Hall–Kier alpha value is -0.795. The molecule has 4 heteroatoms. The highest BCUT2D eigenvalue weighted by Gasteiger charge is 2.12. The number of amides is 1. The van der Waals surface area contributed by atoms with Crippen LogP contribution in [0.5, 0.6) is 0 Å². The Labute approximate surface area is 41.7 Å². The molecule has 0 aromatic heterocycles. The maximum absolute atomic E-state index is 10.0. The van der Waals surface area contributed by atoms with Crippen molar-refractivity contribution in [2.75, 3.05) is 0 Å². The van der Waals surface area contributed by atoms with Gasteiger partial charge in [-0.1, -0.05) is 0 Å². The van der Waals surface area contributed by atoms with Crippen molar-refractivity contribution in [2.24, 2.45) is 4.99 Å². The Morgan fingerprint density at radius 2 is 2.57 bits per heavy atom. The van der Waals surface area contributed by atoms with Crippen LogP contribution >= 0.6 is 0 Å². The Morgan fingerprint density at radius 1 is 1.86 bits per heavy atom. The van der Waals surface area contributed by atoms with Gasteiger partial charge in [0, 0.05) is 5.61 Å². The van der Waals surface area contributed by atoms with Gasteiger partial charge in [-0.25, -0.2) is 4.79 Å². The molecule has 0 aliphatic carbocycles. The molecule has 35 valence electrons. The third-order valence-corrected chi connectivity index (χ3v) is 0.598. The van der Waals surface area contributed by atoms with E-state index in [2.05, 4.69) is 9.65 Å². The molecular formula is C3H3BNO2. The SMILES string of the molecule is CC1=NC(=O)O[B]1. The van der Waals surface area contributed by atoms with E-state index in [4.69, 9.17) is 0 Å². The van der Waals surface area contributed by atoms with E-state index in [1.807, 2.05) is 0 Å². The second-order valence-electron chi connectivity index (χ2n) is 1.25. The first-order valence-corrected chi connectivity index (χ1v) is 1.88. The van der Waals surface area contributed by atoms with Gasteiger partial charge in [0.1, 0.15) is 0 Å². The summed E-state index contributed by atoms with van der Waals surface area (Å²) in [5.41, 5.74) is 0.630. The number of aliphatic imine (C=N–C) groups is 1. The van der Waals surface area contributed by atoms with Gasteiger partial charge in [-0.3, -0.25) is 0 Å². The second-order valence-corrected chi connectivity index (χ2v) is 1.25. The van der Waals surface area contributed by atoms with E-state index in [0.29, 0.717) is 5.61 Å². The average molecular weight is 95.9 g/mol. The standard InChI is InChI=1S/C3H3BNO2/c1-2-4-7-3(6)5-2/h1H3. The zero-order chi connectivity index (χ0) is 5.28. The summed E-state index contributed by atoms with van der Waals surface area (Å²) in [5.74, 6) is 0. The number of hydrogen-bond donors (Lipinski definition) is 0. The lowest BCUT2D eigenvalue weighted by atomic mass is 9.95. The molecule has 1 heterocycles. The molecule has 0 saturated carbocycles. The third kappa shape index (κ3) is 0.794. The molecular weight excluding hydrogens is 92.8 g/mol. The first-order valence-electron chi connectivity index (χ1n) is 1.88.